The van der Waals surface area contributed by atoms with Crippen LogP contribution in [0, 0.1) is 20.9 Å². The number of nitrogens with zero attached hydrogens (tertiary/aromatic N) is 7. The predicted molar refractivity (Wildman–Crippen MR) is 248 cm³/mol. The molecule has 3 aliphatic heterocycles. The zero-order valence-electron chi connectivity index (χ0n) is 35.8. The highest BCUT2D eigenvalue weighted by molar-refractivity contribution is 7.90. The molecule has 0 saturated carbocycles. The number of nitrogens with one attached hydrogen (secondary N) is 2. The van der Waals surface area contributed by atoms with Crippen LogP contribution in [0.4, 0.5) is 17.1 Å². The van der Waals surface area contributed by atoms with E-state index < -0.39 is 20.9 Å². The molecule has 0 bridgehead atoms. The Balaban J connectivity index is 0.916. The first-order valence-corrected chi connectivity index (χ1v) is 23.7. The maximum atomic E-state index is 14.2. The lowest BCUT2D eigenvalue weighted by molar-refractivity contribution is -0.384. The van der Waals surface area contributed by atoms with Gasteiger partial charge >= 0.3 is 0 Å². The van der Waals surface area contributed by atoms with Crippen LogP contribution in [0.25, 0.3) is 33.3 Å². The summed E-state index contributed by atoms with van der Waals surface area (Å²) in [6.07, 6.45) is 8.37. The fourth-order valence-corrected chi connectivity index (χ4v) is 11.1. The molecule has 2 N–H and O–H groups in total. The number of anilines is 2. The van der Waals surface area contributed by atoms with Crippen molar-refractivity contribution >= 4 is 72.2 Å². The maximum absolute atomic E-state index is 14.2. The van der Waals surface area contributed by atoms with Gasteiger partial charge in [-0.2, -0.15) is 5.10 Å². The third-order valence-corrected chi connectivity index (χ3v) is 15.3. The lowest BCUT2D eigenvalue weighted by Crippen LogP contribution is -2.58. The summed E-state index contributed by atoms with van der Waals surface area (Å²) in [7, 11) is -4.56. The molecule has 0 radical (unpaired) electrons. The zero-order chi connectivity index (χ0) is 44.4. The van der Waals surface area contributed by atoms with Crippen molar-refractivity contribution in [2.75, 3.05) is 68.8 Å². The van der Waals surface area contributed by atoms with Crippen LogP contribution in [0.15, 0.2) is 95.7 Å². The van der Waals surface area contributed by atoms with E-state index in [0.717, 1.165) is 87.0 Å². The number of aromatic nitrogens is 4. The van der Waals surface area contributed by atoms with E-state index in [9.17, 15) is 23.3 Å². The first-order valence-electron chi connectivity index (χ1n) is 21.8. The van der Waals surface area contributed by atoms with E-state index in [4.69, 9.17) is 21.3 Å². The number of rotatable bonds is 10. The highest BCUT2D eigenvalue weighted by atomic mass is 35.5. The van der Waals surface area contributed by atoms with Gasteiger partial charge in [0.1, 0.15) is 16.9 Å². The lowest BCUT2D eigenvalue weighted by atomic mass is 9.72. The molecule has 332 valence electrons. The van der Waals surface area contributed by atoms with Crippen molar-refractivity contribution in [3.63, 3.8) is 0 Å². The van der Waals surface area contributed by atoms with Gasteiger partial charge in [0.15, 0.2) is 0 Å². The van der Waals surface area contributed by atoms with Crippen LogP contribution in [0.1, 0.15) is 61.9 Å². The number of H-pyrrole nitrogens is 1. The Bertz CT molecular complexity index is 2940. The first kappa shape index (κ1) is 42.2. The summed E-state index contributed by atoms with van der Waals surface area (Å²) in [5.74, 6) is -0.901. The molecule has 64 heavy (non-hydrogen) atoms. The van der Waals surface area contributed by atoms with Crippen molar-refractivity contribution in [1.82, 2.24) is 29.4 Å². The van der Waals surface area contributed by atoms with Crippen LogP contribution >= 0.6 is 11.6 Å². The number of pyridine rings is 1. The topological polar surface area (TPSA) is 172 Å². The minimum atomic E-state index is -4.56. The van der Waals surface area contributed by atoms with E-state index >= 15 is 0 Å². The molecule has 0 atom stereocenters. The van der Waals surface area contributed by atoms with Gasteiger partial charge in [-0.1, -0.05) is 43.2 Å². The average Bonchev–Trinajstić information content (AvgIpc) is 3.92. The monoisotopic (exact) mass is 903 g/mol. The lowest BCUT2D eigenvalue weighted by Gasteiger charge is -2.53. The Morgan fingerprint density at radius 2 is 1.70 bits per heavy atom. The van der Waals surface area contributed by atoms with Gasteiger partial charge in [0, 0.05) is 92.8 Å². The summed E-state index contributed by atoms with van der Waals surface area (Å²) in [6, 6.07) is 21.1. The number of sulfonamides is 1. The van der Waals surface area contributed by atoms with E-state index in [1.807, 2.05) is 41.3 Å². The Kier molecular flexibility index (Phi) is 10.7. The number of ether oxygens (including phenoxy) is 1. The molecule has 3 aromatic carbocycles. The minimum Gasteiger partial charge on any atom is -0.381 e. The number of halogens is 1. The fourth-order valence-electron chi connectivity index (χ4n) is 9.97. The second kappa shape index (κ2) is 16.3. The van der Waals surface area contributed by atoms with Crippen LogP contribution in [-0.2, 0) is 14.8 Å². The van der Waals surface area contributed by atoms with Crippen molar-refractivity contribution < 1.29 is 22.9 Å². The molecular weight excluding hydrogens is 854 g/mol. The van der Waals surface area contributed by atoms with Crippen molar-refractivity contribution in [2.45, 2.75) is 50.8 Å². The van der Waals surface area contributed by atoms with Gasteiger partial charge in [-0.05, 0) is 103 Å². The molecule has 1 aliphatic carbocycles. The largest absolute Gasteiger partial charge is 0.381 e. The summed E-state index contributed by atoms with van der Waals surface area (Å²) in [6.45, 7) is 11.3. The quantitative estimate of drug-likeness (QED) is 0.101. The zero-order valence-corrected chi connectivity index (χ0v) is 37.4. The number of carbonyl (C=O) groups excluding carboxylic acids is 1. The van der Waals surface area contributed by atoms with Gasteiger partial charge in [0.25, 0.3) is 21.6 Å². The van der Waals surface area contributed by atoms with Crippen LogP contribution in [0.5, 0.6) is 0 Å². The third kappa shape index (κ3) is 8.12. The van der Waals surface area contributed by atoms with E-state index in [1.54, 1.807) is 23.1 Å². The predicted octanol–water partition coefficient (Wildman–Crippen LogP) is 7.98. The summed E-state index contributed by atoms with van der Waals surface area (Å²) >= 11 is 6.26. The van der Waals surface area contributed by atoms with E-state index in [0.29, 0.717) is 54.4 Å². The third-order valence-electron chi connectivity index (χ3n) is 13.7. The number of carbonyl (C=O) groups is 1. The number of aromatic amines is 1. The summed E-state index contributed by atoms with van der Waals surface area (Å²) in [4.78, 5) is 40.1. The molecule has 15 nitrogen and oxygen atoms in total. The summed E-state index contributed by atoms with van der Waals surface area (Å²) < 4.78 is 37.2. The van der Waals surface area contributed by atoms with Crippen molar-refractivity contribution in [1.29, 1.82) is 0 Å². The molecule has 3 saturated heterocycles. The molecule has 1 spiro atoms. The maximum Gasteiger partial charge on any atom is 0.293 e. The molecule has 3 fully saturated rings. The second-order valence-corrected chi connectivity index (χ2v) is 20.7. The molecule has 10 rings (SSSR count). The standard InChI is InChI=1S/C47H50ClN9O6S/c1-46(2)13-11-33(38(26-46)31-3-5-34(48)6-4-31)28-53-17-19-54(20-18-53)35-7-9-37(41(24-35)56-42-23-32-12-16-49-44(32)51-39(42)27-50-56)45(58)52-64(61,62)36-8-10-40(43(25-36)57(59)60)55-29-47(30-55)14-21-63-22-15-47/h3-10,12,16,23-25,27H,11,13-15,17-22,26,28-30H2,1-2H3,(H,49,51)(H,52,58). The van der Waals surface area contributed by atoms with Gasteiger partial charge in [-0.15, -0.1) is 0 Å². The van der Waals surface area contributed by atoms with Gasteiger partial charge in [-0.25, -0.2) is 22.8 Å². The molecule has 3 aromatic heterocycles. The summed E-state index contributed by atoms with van der Waals surface area (Å²) in [5, 5.41) is 18.6. The van der Waals surface area contributed by atoms with Crippen LogP contribution in [0.3, 0.4) is 0 Å². The molecule has 4 aliphatic rings. The minimum absolute atomic E-state index is 0.0455. The van der Waals surface area contributed by atoms with Crippen LogP contribution in [0.2, 0.25) is 5.02 Å². The molecular formula is C47H50ClN9O6S. The molecule has 0 unspecified atom stereocenters. The van der Waals surface area contributed by atoms with Crippen molar-refractivity contribution in [3.05, 3.63) is 117 Å². The van der Waals surface area contributed by atoms with Gasteiger partial charge in [0.05, 0.1) is 32.8 Å². The first-order chi connectivity index (χ1) is 30.7. The number of nitro groups is 1. The summed E-state index contributed by atoms with van der Waals surface area (Å²) in [5.41, 5.74) is 7.59. The van der Waals surface area contributed by atoms with Crippen molar-refractivity contribution in [3.8, 4) is 5.69 Å². The molecule has 6 heterocycles. The Hall–Kier alpha value is -5.81. The number of fused-ring (bicyclic) bond motifs is 2. The smallest absolute Gasteiger partial charge is 0.293 e. The van der Waals surface area contributed by atoms with E-state index in [-0.39, 0.29) is 27.0 Å². The van der Waals surface area contributed by atoms with Crippen molar-refractivity contribution in [2.24, 2.45) is 10.8 Å². The Morgan fingerprint density at radius 3 is 2.45 bits per heavy atom. The normalized spacial score (nSPS) is 19.0. The van der Waals surface area contributed by atoms with E-state index in [2.05, 4.69) is 50.6 Å². The average molecular weight is 904 g/mol. The Morgan fingerprint density at radius 1 is 0.938 bits per heavy atom. The number of piperazine rings is 1. The second-order valence-electron chi connectivity index (χ2n) is 18.6. The highest BCUT2D eigenvalue weighted by Crippen LogP contribution is 2.46. The van der Waals surface area contributed by atoms with E-state index in [1.165, 1.54) is 28.8 Å². The number of hydrogen-bond acceptors (Lipinski definition) is 11. The molecule has 6 aromatic rings. The molecule has 17 heteroatoms. The van der Waals surface area contributed by atoms with Gasteiger partial charge in [-0.3, -0.25) is 19.8 Å². The Labute approximate surface area is 376 Å². The fraction of sp³-hybridized carbons (Fsp3) is 0.383. The number of nitro benzene ring substituents is 1. The SMILES string of the molecule is CC1(C)CCC(CN2CCN(c3ccc(C(=O)NS(=O)(=O)c4ccc(N5CC6(CCOCC6)C5)c([N+](=O)[O-])c4)c(-n4ncc5nc6[nH]ccc6cc54)c3)CC2)=C(c2ccc(Cl)cc2)C1. The van der Waals surface area contributed by atoms with Crippen LogP contribution < -0.4 is 14.5 Å². The van der Waals surface area contributed by atoms with Gasteiger partial charge in [0.2, 0.25) is 0 Å². The molecule has 1 amide bonds. The van der Waals surface area contributed by atoms with Gasteiger partial charge < -0.3 is 19.5 Å². The number of hydrogen-bond donors (Lipinski definition) is 2. The van der Waals surface area contributed by atoms with Crippen LogP contribution in [-0.4, -0.2) is 103 Å². The number of amides is 1. The number of benzene rings is 3. The highest BCUT2D eigenvalue weighted by Gasteiger charge is 2.45. The number of allylic oxidation sites excluding steroid dienone is 1.